The molecular formula is C22H38IN5. The lowest BCUT2D eigenvalue weighted by Gasteiger charge is -2.17. The molecule has 2 fully saturated rings. The number of nitrogens with zero attached hydrogens (tertiary/aromatic N) is 3. The number of likely N-dealkylation sites (tertiary alicyclic amines) is 2. The highest BCUT2D eigenvalue weighted by molar-refractivity contribution is 14.0. The van der Waals surface area contributed by atoms with E-state index in [2.05, 4.69) is 56.6 Å². The molecule has 0 radical (unpaired) electrons. The van der Waals surface area contributed by atoms with Crippen LogP contribution in [0.25, 0.3) is 0 Å². The van der Waals surface area contributed by atoms with E-state index in [1.165, 1.54) is 69.5 Å². The van der Waals surface area contributed by atoms with Crippen molar-refractivity contribution in [1.29, 1.82) is 0 Å². The molecule has 2 saturated heterocycles. The monoisotopic (exact) mass is 499 g/mol. The van der Waals surface area contributed by atoms with Crippen molar-refractivity contribution in [2.75, 3.05) is 46.3 Å². The minimum absolute atomic E-state index is 0. The van der Waals surface area contributed by atoms with Crippen molar-refractivity contribution in [2.45, 2.75) is 45.7 Å². The summed E-state index contributed by atoms with van der Waals surface area (Å²) in [6.45, 7) is 11.4. The van der Waals surface area contributed by atoms with Crippen LogP contribution in [-0.4, -0.2) is 62.1 Å². The molecule has 0 aliphatic carbocycles. The van der Waals surface area contributed by atoms with E-state index in [1.54, 1.807) is 0 Å². The van der Waals surface area contributed by atoms with E-state index in [9.17, 15) is 0 Å². The molecule has 158 valence electrons. The smallest absolute Gasteiger partial charge is 0.191 e. The van der Waals surface area contributed by atoms with Gasteiger partial charge in [0, 0.05) is 33.2 Å². The SMILES string of the molecule is CCCN1CCC(CNC(=NC)NCc2ccc(CN3CCCC3)cc2)C1.I. The summed E-state index contributed by atoms with van der Waals surface area (Å²) < 4.78 is 0. The fourth-order valence-electron chi connectivity index (χ4n) is 4.21. The summed E-state index contributed by atoms with van der Waals surface area (Å²) in [5, 5.41) is 6.96. The second-order valence-corrected chi connectivity index (χ2v) is 8.06. The Kier molecular flexibility index (Phi) is 10.6. The Balaban J connectivity index is 0.00000280. The Morgan fingerprint density at radius 1 is 1.04 bits per heavy atom. The van der Waals surface area contributed by atoms with Gasteiger partial charge in [0.2, 0.25) is 0 Å². The van der Waals surface area contributed by atoms with Gasteiger partial charge in [-0.15, -0.1) is 24.0 Å². The second-order valence-electron chi connectivity index (χ2n) is 8.06. The Morgan fingerprint density at radius 2 is 1.75 bits per heavy atom. The van der Waals surface area contributed by atoms with Crippen LogP contribution in [0.15, 0.2) is 29.3 Å². The maximum atomic E-state index is 4.38. The van der Waals surface area contributed by atoms with Crippen LogP contribution in [0.2, 0.25) is 0 Å². The molecular weight excluding hydrogens is 461 g/mol. The fourth-order valence-corrected chi connectivity index (χ4v) is 4.21. The van der Waals surface area contributed by atoms with Crippen molar-refractivity contribution in [3.05, 3.63) is 35.4 Å². The van der Waals surface area contributed by atoms with Crippen LogP contribution < -0.4 is 10.6 Å². The zero-order chi connectivity index (χ0) is 18.9. The Morgan fingerprint density at radius 3 is 2.43 bits per heavy atom. The van der Waals surface area contributed by atoms with Crippen molar-refractivity contribution in [2.24, 2.45) is 10.9 Å². The molecule has 2 N–H and O–H groups in total. The number of hydrogen-bond donors (Lipinski definition) is 2. The van der Waals surface area contributed by atoms with E-state index >= 15 is 0 Å². The third kappa shape index (κ3) is 7.52. The molecule has 5 nitrogen and oxygen atoms in total. The molecule has 2 heterocycles. The highest BCUT2D eigenvalue weighted by Gasteiger charge is 2.21. The van der Waals surface area contributed by atoms with E-state index in [-0.39, 0.29) is 24.0 Å². The zero-order valence-corrected chi connectivity index (χ0v) is 20.0. The Labute approximate surface area is 188 Å². The number of nitrogens with one attached hydrogen (secondary N) is 2. The van der Waals surface area contributed by atoms with Gasteiger partial charge in [0.15, 0.2) is 5.96 Å². The molecule has 0 bridgehead atoms. The minimum Gasteiger partial charge on any atom is -0.356 e. The molecule has 1 unspecified atom stereocenters. The summed E-state index contributed by atoms with van der Waals surface area (Å²) >= 11 is 0. The average Bonchev–Trinajstić information content (AvgIpc) is 3.36. The summed E-state index contributed by atoms with van der Waals surface area (Å²) in [6, 6.07) is 9.02. The summed E-state index contributed by atoms with van der Waals surface area (Å²) in [4.78, 5) is 9.50. The molecule has 28 heavy (non-hydrogen) atoms. The first-order valence-electron chi connectivity index (χ1n) is 10.7. The van der Waals surface area contributed by atoms with Crippen molar-refractivity contribution in [1.82, 2.24) is 20.4 Å². The second kappa shape index (κ2) is 12.6. The molecule has 6 heteroatoms. The maximum absolute atomic E-state index is 4.38. The van der Waals surface area contributed by atoms with Gasteiger partial charge < -0.3 is 15.5 Å². The van der Waals surface area contributed by atoms with Crippen molar-refractivity contribution < 1.29 is 0 Å². The number of aliphatic imine (C=N–C) groups is 1. The van der Waals surface area contributed by atoms with Crippen LogP contribution in [0.1, 0.15) is 43.7 Å². The largest absolute Gasteiger partial charge is 0.356 e. The van der Waals surface area contributed by atoms with Crippen molar-refractivity contribution in [3.63, 3.8) is 0 Å². The standard InChI is InChI=1S/C22H37N5.HI/c1-3-11-26-14-10-21(18-26)16-25-22(23-2)24-15-19-6-8-20(9-7-19)17-27-12-4-5-13-27;/h6-9,21H,3-5,10-18H2,1-2H3,(H2,23,24,25);1H. The lowest BCUT2D eigenvalue weighted by atomic mass is 10.1. The van der Waals surface area contributed by atoms with Crippen molar-refractivity contribution >= 4 is 29.9 Å². The van der Waals surface area contributed by atoms with Gasteiger partial charge in [0.25, 0.3) is 0 Å². The molecule has 1 atom stereocenters. The molecule has 0 saturated carbocycles. The molecule has 0 spiro atoms. The molecule has 2 aliphatic rings. The van der Waals surface area contributed by atoms with Gasteiger partial charge >= 0.3 is 0 Å². The van der Waals surface area contributed by atoms with Crippen molar-refractivity contribution in [3.8, 4) is 0 Å². The van der Waals surface area contributed by atoms with Gasteiger partial charge in [-0.25, -0.2) is 0 Å². The van der Waals surface area contributed by atoms with Gasteiger partial charge in [-0.1, -0.05) is 31.2 Å². The lowest BCUT2D eigenvalue weighted by Crippen LogP contribution is -2.40. The summed E-state index contributed by atoms with van der Waals surface area (Å²) in [6.07, 6.45) is 5.25. The summed E-state index contributed by atoms with van der Waals surface area (Å²) in [5.41, 5.74) is 2.72. The topological polar surface area (TPSA) is 42.9 Å². The van der Waals surface area contributed by atoms with Gasteiger partial charge in [-0.3, -0.25) is 9.89 Å². The number of hydrogen-bond acceptors (Lipinski definition) is 3. The number of rotatable bonds is 8. The zero-order valence-electron chi connectivity index (χ0n) is 17.6. The first-order chi connectivity index (χ1) is 13.3. The molecule has 1 aromatic carbocycles. The lowest BCUT2D eigenvalue weighted by molar-refractivity contribution is 0.324. The first kappa shape index (κ1) is 23.4. The van der Waals surface area contributed by atoms with Gasteiger partial charge in [0.1, 0.15) is 0 Å². The van der Waals surface area contributed by atoms with Crippen LogP contribution in [0.3, 0.4) is 0 Å². The first-order valence-corrected chi connectivity index (χ1v) is 10.7. The van der Waals surface area contributed by atoms with Gasteiger partial charge in [-0.2, -0.15) is 0 Å². The van der Waals surface area contributed by atoms with E-state index in [4.69, 9.17) is 0 Å². The Bertz CT molecular complexity index is 583. The summed E-state index contributed by atoms with van der Waals surface area (Å²) in [5.74, 6) is 1.64. The number of guanidine groups is 1. The van der Waals surface area contributed by atoms with Gasteiger partial charge in [-0.05, 0) is 68.9 Å². The average molecular weight is 499 g/mol. The molecule has 0 aromatic heterocycles. The third-order valence-electron chi connectivity index (χ3n) is 5.78. The van der Waals surface area contributed by atoms with E-state index in [1.807, 2.05) is 7.05 Å². The third-order valence-corrected chi connectivity index (χ3v) is 5.78. The predicted octanol–water partition coefficient (Wildman–Crippen LogP) is 3.30. The van der Waals surface area contributed by atoms with Crippen LogP contribution in [0.4, 0.5) is 0 Å². The molecule has 1 aromatic rings. The highest BCUT2D eigenvalue weighted by Crippen LogP contribution is 2.15. The Hall–Kier alpha value is -0.860. The van der Waals surface area contributed by atoms with Crippen LogP contribution in [0.5, 0.6) is 0 Å². The highest BCUT2D eigenvalue weighted by atomic mass is 127. The summed E-state index contributed by atoms with van der Waals surface area (Å²) in [7, 11) is 1.85. The minimum atomic E-state index is 0. The van der Waals surface area contributed by atoms with Crippen LogP contribution in [0, 0.1) is 5.92 Å². The number of benzene rings is 1. The van der Waals surface area contributed by atoms with Crippen LogP contribution >= 0.6 is 24.0 Å². The van der Waals surface area contributed by atoms with E-state index in [0.29, 0.717) is 0 Å². The quantitative estimate of drug-likeness (QED) is 0.327. The van der Waals surface area contributed by atoms with Gasteiger partial charge in [0.05, 0.1) is 0 Å². The molecule has 2 aliphatic heterocycles. The van der Waals surface area contributed by atoms with E-state index in [0.717, 1.165) is 31.5 Å². The normalized spacial score (nSPS) is 20.9. The molecule has 0 amide bonds. The van der Waals surface area contributed by atoms with E-state index < -0.39 is 0 Å². The fraction of sp³-hybridized carbons (Fsp3) is 0.682. The number of halogens is 1. The van der Waals surface area contributed by atoms with Crippen LogP contribution in [-0.2, 0) is 13.1 Å². The maximum Gasteiger partial charge on any atom is 0.191 e. The molecule has 3 rings (SSSR count). The predicted molar refractivity (Wildman–Crippen MR) is 129 cm³/mol.